The van der Waals surface area contributed by atoms with Crippen LogP contribution in [0.25, 0.3) is 0 Å². The number of nitrogen functional groups attached to an aromatic ring is 2. The average Bonchev–Trinajstić information content (AvgIpc) is 2.00. The van der Waals surface area contributed by atoms with E-state index in [0.717, 1.165) is 6.20 Å². The Kier molecular flexibility index (Phi) is 2.46. The maximum Gasteiger partial charge on any atom is 0.282 e. The molecule has 0 atom stereocenters. The fraction of sp³-hybridized carbons (Fsp3) is 0.167. The molecular weight excluding hydrogens is 232 g/mol. The normalized spacial score (nSPS) is 10.7. The van der Waals surface area contributed by atoms with Crippen molar-refractivity contribution in [3.63, 3.8) is 0 Å². The number of aromatic nitrogens is 1. The van der Waals surface area contributed by atoms with Gasteiger partial charge >= 0.3 is 0 Å². The van der Waals surface area contributed by atoms with Crippen LogP contribution >= 0.6 is 15.9 Å². The van der Waals surface area contributed by atoms with Crippen molar-refractivity contribution in [1.82, 2.24) is 4.98 Å². The van der Waals surface area contributed by atoms with E-state index in [1.807, 2.05) is 0 Å². The second-order valence-corrected chi connectivity index (χ2v) is 2.92. The van der Waals surface area contributed by atoms with Crippen LogP contribution in [0.15, 0.2) is 10.7 Å². The van der Waals surface area contributed by atoms with Crippen LogP contribution in [-0.4, -0.2) is 4.98 Å². The van der Waals surface area contributed by atoms with Crippen LogP contribution in [0.4, 0.5) is 20.2 Å². The Bertz CT molecular complexity index is 303. The van der Waals surface area contributed by atoms with Crippen LogP contribution in [0.5, 0.6) is 0 Å². The fourth-order valence-corrected chi connectivity index (χ4v) is 1.01. The molecule has 0 bridgehead atoms. The zero-order valence-corrected chi connectivity index (χ0v) is 7.48. The van der Waals surface area contributed by atoms with Crippen LogP contribution in [-0.2, 0) is 0 Å². The molecule has 0 aliphatic heterocycles. The third kappa shape index (κ3) is 1.47. The summed E-state index contributed by atoms with van der Waals surface area (Å²) in [5, 5.41) is 0. The highest BCUT2D eigenvalue weighted by molar-refractivity contribution is 9.10. The first-order valence-electron chi connectivity index (χ1n) is 3.01. The Labute approximate surface area is 75.9 Å². The van der Waals surface area contributed by atoms with Crippen LogP contribution in [0.1, 0.15) is 12.1 Å². The van der Waals surface area contributed by atoms with Crippen molar-refractivity contribution in [3.05, 3.63) is 16.4 Å². The maximum atomic E-state index is 12.1. The summed E-state index contributed by atoms with van der Waals surface area (Å²) >= 11 is 2.97. The molecule has 1 rings (SSSR count). The number of nitrogens with zero attached hydrogens (tertiary/aromatic N) is 1. The minimum atomic E-state index is -2.68. The quantitative estimate of drug-likeness (QED) is 0.785. The van der Waals surface area contributed by atoms with Gasteiger partial charge in [-0.3, -0.25) is 4.98 Å². The summed E-state index contributed by atoms with van der Waals surface area (Å²) in [6.07, 6.45) is -1.54. The standard InChI is InChI=1S/C6H6BrF2N3/c7-3-2(10)1-12-5(4(3)11)6(8)9/h1,6H,10-11H2. The lowest BCUT2D eigenvalue weighted by molar-refractivity contribution is 0.147. The van der Waals surface area contributed by atoms with Gasteiger partial charge in [-0.25, -0.2) is 8.78 Å². The van der Waals surface area contributed by atoms with Gasteiger partial charge in [0.1, 0.15) is 5.69 Å². The molecule has 0 aliphatic carbocycles. The molecule has 0 unspecified atom stereocenters. The molecular formula is C6H6BrF2N3. The molecule has 66 valence electrons. The molecule has 0 aliphatic rings. The highest BCUT2D eigenvalue weighted by atomic mass is 79.9. The third-order valence-electron chi connectivity index (χ3n) is 1.32. The number of hydrogen-bond donors (Lipinski definition) is 2. The van der Waals surface area contributed by atoms with E-state index in [1.165, 1.54) is 0 Å². The van der Waals surface area contributed by atoms with E-state index < -0.39 is 12.1 Å². The summed E-state index contributed by atoms with van der Waals surface area (Å²) in [5.74, 6) is 0. The van der Waals surface area contributed by atoms with Gasteiger partial charge in [0, 0.05) is 0 Å². The molecule has 6 heteroatoms. The molecule has 0 fully saturated rings. The molecule has 3 nitrogen and oxygen atoms in total. The summed E-state index contributed by atoms with van der Waals surface area (Å²) in [6.45, 7) is 0. The van der Waals surface area contributed by atoms with E-state index in [4.69, 9.17) is 11.5 Å². The molecule has 1 heterocycles. The van der Waals surface area contributed by atoms with E-state index in [-0.39, 0.29) is 15.8 Å². The summed E-state index contributed by atoms with van der Waals surface area (Å²) < 4.78 is 24.5. The van der Waals surface area contributed by atoms with Gasteiger partial charge in [-0.2, -0.15) is 0 Å². The second-order valence-electron chi connectivity index (χ2n) is 2.13. The molecule has 1 aromatic heterocycles. The predicted octanol–water partition coefficient (Wildman–Crippen LogP) is 1.95. The number of alkyl halides is 2. The van der Waals surface area contributed by atoms with Crippen LogP contribution in [0.3, 0.4) is 0 Å². The molecule has 0 saturated carbocycles. The maximum absolute atomic E-state index is 12.1. The number of rotatable bonds is 1. The van der Waals surface area contributed by atoms with E-state index in [0.29, 0.717) is 0 Å². The molecule has 1 aromatic rings. The average molecular weight is 238 g/mol. The van der Waals surface area contributed by atoms with Gasteiger partial charge in [-0.05, 0) is 15.9 Å². The first-order chi connectivity index (χ1) is 5.54. The third-order valence-corrected chi connectivity index (χ3v) is 2.20. The van der Waals surface area contributed by atoms with Crippen molar-refractivity contribution in [3.8, 4) is 0 Å². The molecule has 4 N–H and O–H groups in total. The van der Waals surface area contributed by atoms with Crippen molar-refractivity contribution in [2.24, 2.45) is 0 Å². The predicted molar refractivity (Wildman–Crippen MR) is 45.7 cm³/mol. The Balaban J connectivity index is 3.27. The van der Waals surface area contributed by atoms with Gasteiger partial charge in [0.25, 0.3) is 6.43 Å². The number of nitrogens with two attached hydrogens (primary N) is 2. The molecule has 0 aromatic carbocycles. The minimum Gasteiger partial charge on any atom is -0.397 e. The van der Waals surface area contributed by atoms with Gasteiger partial charge in [0.15, 0.2) is 0 Å². The second kappa shape index (κ2) is 3.22. The lowest BCUT2D eigenvalue weighted by Crippen LogP contribution is -2.02. The van der Waals surface area contributed by atoms with E-state index in [1.54, 1.807) is 0 Å². The van der Waals surface area contributed by atoms with Crippen LogP contribution in [0, 0.1) is 0 Å². The molecule has 0 radical (unpaired) electrons. The zero-order chi connectivity index (χ0) is 9.30. The van der Waals surface area contributed by atoms with Crippen molar-refractivity contribution in [1.29, 1.82) is 0 Å². The number of hydrogen-bond acceptors (Lipinski definition) is 3. The Morgan fingerprint density at radius 2 is 2.00 bits per heavy atom. The topological polar surface area (TPSA) is 64.9 Å². The summed E-state index contributed by atoms with van der Waals surface area (Å²) in [4.78, 5) is 3.41. The number of anilines is 2. The lowest BCUT2D eigenvalue weighted by atomic mass is 10.3. The first-order valence-corrected chi connectivity index (χ1v) is 3.80. The summed E-state index contributed by atoms with van der Waals surface area (Å²) in [6, 6.07) is 0. The van der Waals surface area contributed by atoms with Crippen molar-refractivity contribution < 1.29 is 8.78 Å². The van der Waals surface area contributed by atoms with E-state index >= 15 is 0 Å². The lowest BCUT2D eigenvalue weighted by Gasteiger charge is -2.06. The molecule has 0 amide bonds. The zero-order valence-electron chi connectivity index (χ0n) is 5.89. The van der Waals surface area contributed by atoms with Crippen molar-refractivity contribution >= 4 is 27.3 Å². The monoisotopic (exact) mass is 237 g/mol. The van der Waals surface area contributed by atoms with Gasteiger partial charge in [0.2, 0.25) is 0 Å². The largest absolute Gasteiger partial charge is 0.397 e. The number of pyridine rings is 1. The van der Waals surface area contributed by atoms with Crippen LogP contribution < -0.4 is 11.5 Å². The SMILES string of the molecule is Nc1cnc(C(F)F)c(N)c1Br. The first kappa shape index (κ1) is 9.18. The highest BCUT2D eigenvalue weighted by Crippen LogP contribution is 2.32. The van der Waals surface area contributed by atoms with Crippen LogP contribution in [0.2, 0.25) is 0 Å². The fourth-order valence-electron chi connectivity index (χ4n) is 0.707. The molecule has 12 heavy (non-hydrogen) atoms. The van der Waals surface area contributed by atoms with Crippen molar-refractivity contribution in [2.75, 3.05) is 11.5 Å². The smallest absolute Gasteiger partial charge is 0.282 e. The molecule has 0 spiro atoms. The summed E-state index contributed by atoms with van der Waals surface area (Å²) in [5.41, 5.74) is 10.4. The Morgan fingerprint density at radius 3 is 2.50 bits per heavy atom. The number of halogens is 3. The van der Waals surface area contributed by atoms with Gasteiger partial charge in [0.05, 0.1) is 22.0 Å². The Morgan fingerprint density at radius 1 is 1.42 bits per heavy atom. The van der Waals surface area contributed by atoms with Gasteiger partial charge < -0.3 is 11.5 Å². The van der Waals surface area contributed by atoms with Gasteiger partial charge in [-0.1, -0.05) is 0 Å². The minimum absolute atomic E-state index is 0.106. The molecule has 0 saturated heterocycles. The highest BCUT2D eigenvalue weighted by Gasteiger charge is 2.16. The summed E-state index contributed by atoms with van der Waals surface area (Å²) in [7, 11) is 0. The van der Waals surface area contributed by atoms with Crippen molar-refractivity contribution in [2.45, 2.75) is 6.43 Å². The van der Waals surface area contributed by atoms with E-state index in [9.17, 15) is 8.78 Å². The van der Waals surface area contributed by atoms with E-state index in [2.05, 4.69) is 20.9 Å². The van der Waals surface area contributed by atoms with Gasteiger partial charge in [-0.15, -0.1) is 0 Å². The Hall–Kier alpha value is -0.910.